The molecule has 0 N–H and O–H groups in total. The first kappa shape index (κ1) is 30.8. The molecular weight excluding hydrogens is 599 g/mol. The Labute approximate surface area is 287 Å². The van der Waals surface area contributed by atoms with Crippen molar-refractivity contribution in [3.8, 4) is 0 Å². The van der Waals surface area contributed by atoms with Crippen LogP contribution in [0.1, 0.15) is 78.9 Å². The lowest BCUT2D eigenvalue weighted by Gasteiger charge is -2.29. The lowest BCUT2D eigenvalue weighted by atomic mass is 9.86. The van der Waals surface area contributed by atoms with Crippen molar-refractivity contribution in [3.05, 3.63) is 155 Å². The highest BCUT2D eigenvalue weighted by atomic mass is 16.2. The third-order valence-electron chi connectivity index (χ3n) is 10.1. The van der Waals surface area contributed by atoms with Gasteiger partial charge in [0.2, 0.25) is 0 Å². The van der Waals surface area contributed by atoms with Crippen molar-refractivity contribution in [2.24, 2.45) is 0 Å². The van der Waals surface area contributed by atoms with Gasteiger partial charge in [0.25, 0.3) is 0 Å². The number of rotatable bonds is 4. The van der Waals surface area contributed by atoms with E-state index in [2.05, 4.69) is 137 Å². The van der Waals surface area contributed by atoms with E-state index in [4.69, 9.17) is 0 Å². The Morgan fingerprint density at radius 2 is 0.939 bits per heavy atom. The van der Waals surface area contributed by atoms with Crippen LogP contribution >= 0.6 is 0 Å². The summed E-state index contributed by atoms with van der Waals surface area (Å²) in [6.07, 6.45) is 1.79. The van der Waals surface area contributed by atoms with Gasteiger partial charge < -0.3 is 4.90 Å². The minimum absolute atomic E-state index is 0.0498. The smallest absolute Gasteiger partial charge is 0.197 e. The Balaban J connectivity index is 1.33. The third-order valence-corrected chi connectivity index (χ3v) is 10.1. The SMILES string of the molecule is CC(C)(C)c1ccc(N(c2ccc(C(C)(C)C)cc2)c2ccc3ccc4c(C=C5C(=O)c6ccccc6C5=O)ccc5ccc2c3c54)cc1. The molecule has 1 aliphatic rings. The summed E-state index contributed by atoms with van der Waals surface area (Å²) in [7, 11) is 0. The van der Waals surface area contributed by atoms with Crippen LogP contribution in [0.5, 0.6) is 0 Å². The predicted octanol–water partition coefficient (Wildman–Crippen LogP) is 12.1. The lowest BCUT2D eigenvalue weighted by molar-refractivity contribution is 0.0990. The van der Waals surface area contributed by atoms with E-state index in [0.29, 0.717) is 11.1 Å². The van der Waals surface area contributed by atoms with Gasteiger partial charge in [0, 0.05) is 27.9 Å². The molecule has 0 radical (unpaired) electrons. The second-order valence-corrected chi connectivity index (χ2v) is 15.4. The molecule has 0 aliphatic heterocycles. The van der Waals surface area contributed by atoms with Gasteiger partial charge in [0.15, 0.2) is 11.6 Å². The molecule has 0 heterocycles. The highest BCUT2D eigenvalue weighted by Crippen LogP contribution is 2.45. The van der Waals surface area contributed by atoms with Gasteiger partial charge in [-0.05, 0) is 90.9 Å². The molecule has 0 spiro atoms. The summed E-state index contributed by atoms with van der Waals surface area (Å²) in [6.45, 7) is 13.5. The Kier molecular flexibility index (Phi) is 6.91. The average Bonchev–Trinajstić information content (AvgIpc) is 3.33. The summed E-state index contributed by atoms with van der Waals surface area (Å²) >= 11 is 0. The first-order chi connectivity index (χ1) is 23.4. The number of benzene rings is 7. The first-order valence-corrected chi connectivity index (χ1v) is 17.0. The van der Waals surface area contributed by atoms with Gasteiger partial charge in [-0.15, -0.1) is 0 Å². The maximum atomic E-state index is 13.3. The quantitative estimate of drug-likeness (QED) is 0.109. The normalized spacial score (nSPS) is 13.6. The van der Waals surface area contributed by atoms with Crippen LogP contribution in [0.3, 0.4) is 0 Å². The van der Waals surface area contributed by atoms with Crippen LogP contribution in [-0.2, 0) is 10.8 Å². The summed E-state index contributed by atoms with van der Waals surface area (Å²) in [5.74, 6) is -0.418. The number of anilines is 3. The molecule has 3 nitrogen and oxygen atoms in total. The van der Waals surface area contributed by atoms with Crippen LogP contribution in [0.2, 0.25) is 0 Å². The summed E-state index contributed by atoms with van der Waals surface area (Å²) in [6, 6.07) is 42.3. The highest BCUT2D eigenvalue weighted by Gasteiger charge is 2.32. The summed E-state index contributed by atoms with van der Waals surface area (Å²) < 4.78 is 0. The molecule has 0 saturated carbocycles. The largest absolute Gasteiger partial charge is 0.310 e. The van der Waals surface area contributed by atoms with E-state index in [9.17, 15) is 9.59 Å². The van der Waals surface area contributed by atoms with Gasteiger partial charge in [-0.1, -0.05) is 133 Å². The molecule has 240 valence electrons. The fourth-order valence-corrected chi connectivity index (χ4v) is 7.34. The standard InChI is InChI=1S/C46H39NO2/c1-45(2,3)31-16-20-33(21-17-31)47(34-22-18-32(19-23-34)46(4,5)6)40-26-15-29-13-24-35-30(12-11-28-14-25-38(40)42(29)41(28)35)27-39-43(48)36-9-7-8-10-37(36)44(39)49/h7-27H,1-6H3. The predicted molar refractivity (Wildman–Crippen MR) is 205 cm³/mol. The van der Waals surface area contributed by atoms with E-state index in [-0.39, 0.29) is 28.0 Å². The van der Waals surface area contributed by atoms with Gasteiger partial charge in [-0.2, -0.15) is 0 Å². The first-order valence-electron chi connectivity index (χ1n) is 17.0. The number of allylic oxidation sites excluding steroid dienone is 1. The van der Waals surface area contributed by atoms with Crippen LogP contribution in [0.25, 0.3) is 38.4 Å². The maximum Gasteiger partial charge on any atom is 0.197 e. The number of fused-ring (bicyclic) bond motifs is 1. The van der Waals surface area contributed by atoms with Crippen LogP contribution in [-0.4, -0.2) is 11.6 Å². The zero-order chi connectivity index (χ0) is 34.2. The molecule has 0 amide bonds. The van der Waals surface area contributed by atoms with Crippen molar-refractivity contribution < 1.29 is 9.59 Å². The number of ketones is 2. The number of hydrogen-bond donors (Lipinski definition) is 0. The molecule has 0 bridgehead atoms. The van der Waals surface area contributed by atoms with Crippen molar-refractivity contribution in [1.29, 1.82) is 0 Å². The molecule has 0 unspecified atom stereocenters. The van der Waals surface area contributed by atoms with Gasteiger partial charge in [-0.3, -0.25) is 9.59 Å². The maximum absolute atomic E-state index is 13.3. The fourth-order valence-electron chi connectivity index (χ4n) is 7.34. The fraction of sp³-hybridized carbons (Fsp3) is 0.174. The number of hydrogen-bond acceptors (Lipinski definition) is 3. The van der Waals surface area contributed by atoms with E-state index < -0.39 is 0 Å². The van der Waals surface area contributed by atoms with Crippen molar-refractivity contribution in [1.82, 2.24) is 0 Å². The Morgan fingerprint density at radius 3 is 1.45 bits per heavy atom. The van der Waals surface area contributed by atoms with Crippen LogP contribution in [0.4, 0.5) is 17.1 Å². The van der Waals surface area contributed by atoms with Gasteiger partial charge in [0.05, 0.1) is 11.3 Å². The second kappa shape index (κ2) is 11.0. The van der Waals surface area contributed by atoms with E-state index >= 15 is 0 Å². The molecular formula is C46H39NO2. The number of carbonyl (C=O) groups excluding carboxylic acids is 2. The van der Waals surface area contributed by atoms with Crippen molar-refractivity contribution >= 4 is 67.0 Å². The summed E-state index contributed by atoms with van der Waals surface area (Å²) in [5.41, 5.74) is 8.00. The average molecular weight is 638 g/mol. The van der Waals surface area contributed by atoms with E-state index in [0.717, 1.165) is 49.6 Å². The summed E-state index contributed by atoms with van der Waals surface area (Å²) in [5, 5.41) is 6.73. The molecule has 7 aromatic rings. The van der Waals surface area contributed by atoms with Gasteiger partial charge in [0.1, 0.15) is 0 Å². The van der Waals surface area contributed by atoms with Crippen molar-refractivity contribution in [2.75, 3.05) is 4.90 Å². The number of carbonyl (C=O) groups is 2. The van der Waals surface area contributed by atoms with E-state index in [1.807, 2.05) is 18.2 Å². The zero-order valence-electron chi connectivity index (χ0n) is 28.9. The van der Waals surface area contributed by atoms with E-state index in [1.165, 1.54) is 16.5 Å². The Morgan fingerprint density at radius 1 is 0.490 bits per heavy atom. The molecule has 0 aromatic heterocycles. The Bertz CT molecular complexity index is 2370. The molecule has 7 aromatic carbocycles. The highest BCUT2D eigenvalue weighted by molar-refractivity contribution is 6.41. The topological polar surface area (TPSA) is 37.4 Å². The van der Waals surface area contributed by atoms with Crippen molar-refractivity contribution in [2.45, 2.75) is 52.4 Å². The molecule has 3 heteroatoms. The molecule has 0 fully saturated rings. The van der Waals surface area contributed by atoms with Crippen molar-refractivity contribution in [3.63, 3.8) is 0 Å². The molecule has 49 heavy (non-hydrogen) atoms. The van der Waals surface area contributed by atoms with E-state index in [1.54, 1.807) is 18.2 Å². The van der Waals surface area contributed by atoms with Crippen LogP contribution in [0, 0.1) is 0 Å². The zero-order valence-corrected chi connectivity index (χ0v) is 28.9. The van der Waals surface area contributed by atoms with Crippen LogP contribution < -0.4 is 4.90 Å². The van der Waals surface area contributed by atoms with Crippen LogP contribution in [0.15, 0.2) is 127 Å². The second-order valence-electron chi connectivity index (χ2n) is 15.4. The molecule has 0 saturated heterocycles. The minimum Gasteiger partial charge on any atom is -0.310 e. The Hall–Kier alpha value is -5.54. The van der Waals surface area contributed by atoms with Gasteiger partial charge in [-0.25, -0.2) is 0 Å². The molecule has 0 atom stereocenters. The molecule has 1 aliphatic carbocycles. The lowest BCUT2D eigenvalue weighted by Crippen LogP contribution is -2.14. The number of Topliss-reactive ketones (excluding diaryl/α,β-unsaturated/α-hetero) is 2. The van der Waals surface area contributed by atoms with Gasteiger partial charge >= 0.3 is 0 Å². The minimum atomic E-state index is -0.209. The third kappa shape index (κ3) is 5.04. The molecule has 8 rings (SSSR count). The summed E-state index contributed by atoms with van der Waals surface area (Å²) in [4.78, 5) is 29.0. The monoisotopic (exact) mass is 637 g/mol. The number of nitrogens with zero attached hydrogens (tertiary/aromatic N) is 1.